The van der Waals surface area contributed by atoms with Crippen molar-refractivity contribution in [1.29, 1.82) is 0 Å². The van der Waals surface area contributed by atoms with Crippen LogP contribution in [0.15, 0.2) is 24.3 Å². The maximum absolute atomic E-state index is 12.1. The molecule has 1 saturated heterocycles. The van der Waals surface area contributed by atoms with Crippen LogP contribution in [0.5, 0.6) is 0 Å². The number of carbonyl (C=O) groups is 2. The van der Waals surface area contributed by atoms with Crippen molar-refractivity contribution >= 4 is 29.4 Å². The minimum absolute atomic E-state index is 0.110. The van der Waals surface area contributed by atoms with Gasteiger partial charge in [0.05, 0.1) is 4.92 Å². The number of piperazine rings is 1. The molecule has 0 radical (unpaired) electrons. The largest absolute Gasteiger partial charge is 0.342 e. The average Bonchev–Trinajstić information content (AvgIpc) is 2.53. The van der Waals surface area contributed by atoms with Gasteiger partial charge in [0.15, 0.2) is 0 Å². The molecule has 1 aliphatic heterocycles. The van der Waals surface area contributed by atoms with Crippen LogP contribution in [-0.2, 0) is 0 Å². The number of hydrogen-bond donors (Lipinski definition) is 1. The van der Waals surface area contributed by atoms with Crippen LogP contribution < -0.4 is 5.32 Å². The molecule has 1 aromatic carbocycles. The lowest BCUT2D eigenvalue weighted by Crippen LogP contribution is -2.50. The number of imide groups is 1. The smallest absolute Gasteiger partial charge is 0.321 e. The van der Waals surface area contributed by atoms with E-state index in [2.05, 4.69) is 5.32 Å². The summed E-state index contributed by atoms with van der Waals surface area (Å²) in [6, 6.07) is 4.31. The molecule has 1 heterocycles. The zero-order chi connectivity index (χ0) is 15.4. The van der Waals surface area contributed by atoms with Gasteiger partial charge in [-0.15, -0.1) is 0 Å². The Morgan fingerprint density at radius 1 is 1.24 bits per heavy atom. The predicted octanol–water partition coefficient (Wildman–Crippen LogP) is 1.22. The first kappa shape index (κ1) is 15.2. The highest BCUT2D eigenvalue weighted by Gasteiger charge is 2.27. The molecule has 0 unspecified atom stereocenters. The topological polar surface area (TPSA) is 95.8 Å². The molecule has 8 nitrogen and oxygen atoms in total. The van der Waals surface area contributed by atoms with Gasteiger partial charge in [0.2, 0.25) is 0 Å². The second-order valence-corrected chi connectivity index (χ2v) is 4.75. The van der Waals surface area contributed by atoms with E-state index in [-0.39, 0.29) is 11.3 Å². The summed E-state index contributed by atoms with van der Waals surface area (Å²) >= 11 is 5.79. The maximum atomic E-state index is 12.1. The third-order valence-corrected chi connectivity index (χ3v) is 3.36. The maximum Gasteiger partial charge on any atom is 0.342 e. The highest BCUT2D eigenvalue weighted by molar-refractivity contribution is 6.32. The van der Waals surface area contributed by atoms with Crippen LogP contribution in [0.3, 0.4) is 0 Å². The number of nitro benzene ring substituents is 1. The molecule has 21 heavy (non-hydrogen) atoms. The molecule has 0 aromatic heterocycles. The first-order valence-corrected chi connectivity index (χ1v) is 6.59. The highest BCUT2D eigenvalue weighted by atomic mass is 35.5. The van der Waals surface area contributed by atoms with Gasteiger partial charge in [0.25, 0.3) is 11.6 Å². The number of carbonyl (C=O) groups excluding carboxylic acids is 2. The summed E-state index contributed by atoms with van der Waals surface area (Å²) < 4.78 is 0.506. The number of urea groups is 1. The summed E-state index contributed by atoms with van der Waals surface area (Å²) in [5.74, 6) is -0.713. The molecule has 0 aliphatic carbocycles. The van der Waals surface area contributed by atoms with Crippen molar-refractivity contribution < 1.29 is 14.5 Å². The Kier molecular flexibility index (Phi) is 4.71. The molecule has 1 aliphatic rings. The summed E-state index contributed by atoms with van der Waals surface area (Å²) in [6.07, 6.45) is 0. The molecule has 2 rings (SSSR count). The summed E-state index contributed by atoms with van der Waals surface area (Å²) in [6.45, 7) is 2.22. The van der Waals surface area contributed by atoms with Crippen LogP contribution in [0.4, 0.5) is 10.5 Å². The molecule has 9 heteroatoms. The standard InChI is InChI=1S/C12H13ClN4O4/c13-16(12(19)15-7-5-14-6-8-15)11(18)9-1-3-10(4-2-9)17(20)21/h1-4,14H,5-8H2. The van der Waals surface area contributed by atoms with Crippen LogP contribution in [0, 0.1) is 10.1 Å². The first-order chi connectivity index (χ1) is 10.0. The lowest BCUT2D eigenvalue weighted by atomic mass is 10.2. The molecular weight excluding hydrogens is 300 g/mol. The zero-order valence-corrected chi connectivity index (χ0v) is 11.7. The third-order valence-electron chi connectivity index (χ3n) is 3.06. The number of nitrogens with zero attached hydrogens (tertiary/aromatic N) is 3. The fraction of sp³-hybridized carbons (Fsp3) is 0.333. The van der Waals surface area contributed by atoms with E-state index in [1.807, 2.05) is 0 Å². The zero-order valence-electron chi connectivity index (χ0n) is 11.0. The molecule has 0 atom stereocenters. The lowest BCUT2D eigenvalue weighted by molar-refractivity contribution is -0.384. The van der Waals surface area contributed by atoms with Crippen molar-refractivity contribution in [3.63, 3.8) is 0 Å². The molecule has 112 valence electrons. The van der Waals surface area contributed by atoms with Crippen LogP contribution >= 0.6 is 11.8 Å². The van der Waals surface area contributed by atoms with Gasteiger partial charge in [0.1, 0.15) is 0 Å². The SMILES string of the molecule is O=C(c1ccc([N+](=O)[O-])cc1)N(Cl)C(=O)N1CCNCC1. The van der Waals surface area contributed by atoms with E-state index in [9.17, 15) is 19.7 Å². The molecule has 1 N–H and O–H groups in total. The van der Waals surface area contributed by atoms with E-state index >= 15 is 0 Å². The number of nitrogens with one attached hydrogen (secondary N) is 1. The molecule has 0 bridgehead atoms. The summed E-state index contributed by atoms with van der Waals surface area (Å²) in [5.41, 5.74) is -0.0276. The van der Waals surface area contributed by atoms with E-state index in [1.165, 1.54) is 29.2 Å². The van der Waals surface area contributed by atoms with Crippen LogP contribution in [-0.4, -0.2) is 52.4 Å². The van der Waals surface area contributed by atoms with Crippen molar-refractivity contribution in [3.05, 3.63) is 39.9 Å². The second-order valence-electron chi connectivity index (χ2n) is 4.41. The Hall–Kier alpha value is -2.19. The Morgan fingerprint density at radius 3 is 2.33 bits per heavy atom. The number of halogens is 1. The van der Waals surface area contributed by atoms with Gasteiger partial charge in [-0.25, -0.2) is 4.79 Å². The summed E-state index contributed by atoms with van der Waals surface area (Å²) in [5, 5.41) is 13.6. The minimum atomic E-state index is -0.713. The van der Waals surface area contributed by atoms with Crippen molar-refractivity contribution in [2.75, 3.05) is 26.2 Å². The van der Waals surface area contributed by atoms with E-state index in [0.717, 1.165) is 0 Å². The van der Waals surface area contributed by atoms with Crippen LogP contribution in [0.25, 0.3) is 0 Å². The number of rotatable bonds is 2. The van der Waals surface area contributed by atoms with Crippen molar-refractivity contribution in [3.8, 4) is 0 Å². The summed E-state index contributed by atoms with van der Waals surface area (Å²) in [4.78, 5) is 35.6. The fourth-order valence-electron chi connectivity index (χ4n) is 1.91. The first-order valence-electron chi connectivity index (χ1n) is 6.25. The highest BCUT2D eigenvalue weighted by Crippen LogP contribution is 2.15. The van der Waals surface area contributed by atoms with Gasteiger partial charge >= 0.3 is 6.03 Å². The van der Waals surface area contributed by atoms with Crippen molar-refractivity contribution in [2.45, 2.75) is 0 Å². The van der Waals surface area contributed by atoms with Gasteiger partial charge in [-0.1, -0.05) is 0 Å². The molecule has 1 aromatic rings. The van der Waals surface area contributed by atoms with E-state index in [0.29, 0.717) is 30.6 Å². The Bertz CT molecular complexity index is 557. The Labute approximate surface area is 125 Å². The van der Waals surface area contributed by atoms with Crippen molar-refractivity contribution in [2.24, 2.45) is 0 Å². The van der Waals surface area contributed by atoms with Gasteiger partial charge < -0.3 is 10.2 Å². The number of nitro groups is 1. The van der Waals surface area contributed by atoms with E-state index in [4.69, 9.17) is 11.8 Å². The number of benzene rings is 1. The van der Waals surface area contributed by atoms with Gasteiger partial charge in [-0.3, -0.25) is 14.9 Å². The number of non-ortho nitro benzene ring substituents is 1. The van der Waals surface area contributed by atoms with Crippen molar-refractivity contribution in [1.82, 2.24) is 14.6 Å². The third kappa shape index (κ3) is 3.47. The van der Waals surface area contributed by atoms with Gasteiger partial charge in [0, 0.05) is 55.7 Å². The van der Waals surface area contributed by atoms with Gasteiger partial charge in [-0.05, 0) is 12.1 Å². The molecule has 0 spiro atoms. The molecule has 1 fully saturated rings. The fourth-order valence-corrected chi connectivity index (χ4v) is 2.11. The quantitative estimate of drug-likeness (QED) is 0.503. The molecular formula is C12H13ClN4O4. The Balaban J connectivity index is 2.07. The van der Waals surface area contributed by atoms with Crippen LogP contribution in [0.1, 0.15) is 10.4 Å². The number of amides is 3. The second kappa shape index (κ2) is 6.51. The lowest BCUT2D eigenvalue weighted by Gasteiger charge is -2.29. The Morgan fingerprint density at radius 2 is 1.81 bits per heavy atom. The normalized spacial score (nSPS) is 14.6. The monoisotopic (exact) mass is 312 g/mol. The molecule has 3 amide bonds. The molecule has 0 saturated carbocycles. The van der Waals surface area contributed by atoms with E-state index < -0.39 is 16.9 Å². The van der Waals surface area contributed by atoms with E-state index in [1.54, 1.807) is 0 Å². The summed E-state index contributed by atoms with van der Waals surface area (Å²) in [7, 11) is 0. The van der Waals surface area contributed by atoms with Crippen LogP contribution in [0.2, 0.25) is 0 Å². The number of hydrogen-bond acceptors (Lipinski definition) is 5. The minimum Gasteiger partial charge on any atom is -0.321 e. The predicted molar refractivity (Wildman–Crippen MR) is 75.0 cm³/mol. The van der Waals surface area contributed by atoms with Gasteiger partial charge in [-0.2, -0.15) is 4.42 Å². The average molecular weight is 313 g/mol.